The van der Waals surface area contributed by atoms with Crippen molar-refractivity contribution >= 4 is 33.8 Å². The Kier molecular flexibility index (Phi) is 6.33. The number of piperidine rings is 2. The zero-order valence-electron chi connectivity index (χ0n) is 19.0. The fraction of sp³-hybridized carbons (Fsp3) is 0.478. The molecule has 2 N–H and O–H groups in total. The van der Waals surface area contributed by atoms with E-state index in [0.717, 1.165) is 17.7 Å². The van der Waals surface area contributed by atoms with Crippen LogP contribution in [0.15, 0.2) is 18.2 Å². The summed E-state index contributed by atoms with van der Waals surface area (Å²) in [6, 6.07) is 3.45. The number of nitrogens with zero attached hydrogens (tertiary/aromatic N) is 2. The Labute approximate surface area is 198 Å². The van der Waals surface area contributed by atoms with E-state index in [1.807, 2.05) is 0 Å². The van der Waals surface area contributed by atoms with Crippen LogP contribution in [0, 0.1) is 17.3 Å². The van der Waals surface area contributed by atoms with Gasteiger partial charge >= 0.3 is 0 Å². The van der Waals surface area contributed by atoms with Gasteiger partial charge in [-0.15, -0.1) is 0 Å². The molecule has 10 nitrogen and oxygen atoms in total. The topological polar surface area (TPSA) is 133 Å². The van der Waals surface area contributed by atoms with Crippen LogP contribution < -0.4 is 10.0 Å². The summed E-state index contributed by atoms with van der Waals surface area (Å²) in [5, 5.41) is 2.15. The van der Waals surface area contributed by atoms with Gasteiger partial charge in [0.05, 0.1) is 17.7 Å². The molecular formula is C23H26N4O6S. The molecule has 0 radical (unpaired) electrons. The zero-order valence-corrected chi connectivity index (χ0v) is 19.8. The van der Waals surface area contributed by atoms with Gasteiger partial charge in [0.15, 0.2) is 0 Å². The number of nitrogens with one attached hydrogen (secondary N) is 2. The van der Waals surface area contributed by atoms with Crippen molar-refractivity contribution in [2.45, 2.75) is 45.6 Å². The van der Waals surface area contributed by atoms with E-state index in [-0.39, 0.29) is 35.9 Å². The Hall–Kier alpha value is -3.07. The number of benzene rings is 1. The van der Waals surface area contributed by atoms with E-state index < -0.39 is 39.9 Å². The highest BCUT2D eigenvalue weighted by Crippen LogP contribution is 2.30. The number of rotatable bonds is 4. The summed E-state index contributed by atoms with van der Waals surface area (Å²) in [6.07, 6.45) is 1.71. The van der Waals surface area contributed by atoms with Gasteiger partial charge in [0, 0.05) is 25.1 Å². The first kappa shape index (κ1) is 24.1. The summed E-state index contributed by atoms with van der Waals surface area (Å²) < 4.78 is 28.9. The van der Waals surface area contributed by atoms with Crippen LogP contribution in [0.4, 0.5) is 0 Å². The number of carbonyl (C=O) groups is 4. The quantitative estimate of drug-likeness (QED) is 0.468. The van der Waals surface area contributed by atoms with Crippen LogP contribution in [0.1, 0.15) is 65.8 Å². The number of hydrogen-bond acceptors (Lipinski definition) is 6. The molecule has 2 fully saturated rings. The lowest BCUT2D eigenvalue weighted by Crippen LogP contribution is -2.54. The predicted molar refractivity (Wildman–Crippen MR) is 122 cm³/mol. The first-order valence-corrected chi connectivity index (χ1v) is 12.5. The van der Waals surface area contributed by atoms with Crippen LogP contribution in [0.25, 0.3) is 0 Å². The van der Waals surface area contributed by atoms with E-state index in [2.05, 4.69) is 35.7 Å². The molecule has 0 aromatic heterocycles. The summed E-state index contributed by atoms with van der Waals surface area (Å²) in [5.41, 5.74) is 0.849. The van der Waals surface area contributed by atoms with Crippen molar-refractivity contribution < 1.29 is 27.6 Å². The van der Waals surface area contributed by atoms with Gasteiger partial charge in [0.2, 0.25) is 11.8 Å². The highest BCUT2D eigenvalue weighted by Gasteiger charge is 2.44. The summed E-state index contributed by atoms with van der Waals surface area (Å²) >= 11 is 0. The minimum absolute atomic E-state index is 0.0473. The second-order valence-electron chi connectivity index (χ2n) is 9.40. The Bertz CT molecular complexity index is 1230. The van der Waals surface area contributed by atoms with Crippen LogP contribution in [0.2, 0.25) is 0 Å². The van der Waals surface area contributed by atoms with Crippen molar-refractivity contribution in [2.24, 2.45) is 5.41 Å². The standard InChI is InChI=1S/C23H26N4O6S/c1-23(2)9-12-26(13-10-23)34(32,33)24-11-3-4-15-5-6-16-17(14-15)22(31)27(21(16)30)18-7-8-19(28)25-20(18)29/h5-6,14,18,24H,7-13H2,1-2H3,(H,25,28,29). The lowest BCUT2D eigenvalue weighted by Gasteiger charge is -2.35. The SMILES string of the molecule is CC1(C)CCN(S(=O)(=O)NCC#Cc2ccc3c(c2)C(=O)N(C2CCC(=O)NC2=O)C3=O)CC1. The second-order valence-corrected chi connectivity index (χ2v) is 11.2. The van der Waals surface area contributed by atoms with Gasteiger partial charge in [-0.1, -0.05) is 25.7 Å². The Morgan fingerprint density at radius 2 is 1.76 bits per heavy atom. The highest BCUT2D eigenvalue weighted by molar-refractivity contribution is 7.87. The maximum absolute atomic E-state index is 12.9. The van der Waals surface area contributed by atoms with Gasteiger partial charge in [0.25, 0.3) is 22.0 Å². The molecule has 2 saturated heterocycles. The number of imide groups is 2. The van der Waals surface area contributed by atoms with Crippen LogP contribution in [-0.4, -0.2) is 66.9 Å². The maximum atomic E-state index is 12.9. The molecule has 11 heteroatoms. The van der Waals surface area contributed by atoms with Crippen molar-refractivity contribution in [3.05, 3.63) is 34.9 Å². The molecule has 1 aromatic rings. The monoisotopic (exact) mass is 486 g/mol. The van der Waals surface area contributed by atoms with Crippen molar-refractivity contribution in [3.63, 3.8) is 0 Å². The van der Waals surface area contributed by atoms with E-state index in [1.165, 1.54) is 16.4 Å². The van der Waals surface area contributed by atoms with Gasteiger partial charge in [-0.25, -0.2) is 0 Å². The number of fused-ring (bicyclic) bond motifs is 1. The van der Waals surface area contributed by atoms with Gasteiger partial charge < -0.3 is 0 Å². The molecule has 4 amide bonds. The molecule has 0 saturated carbocycles. The van der Waals surface area contributed by atoms with Crippen molar-refractivity contribution in [1.29, 1.82) is 0 Å². The number of amides is 4. The maximum Gasteiger partial charge on any atom is 0.280 e. The highest BCUT2D eigenvalue weighted by atomic mass is 32.2. The molecule has 1 aromatic carbocycles. The van der Waals surface area contributed by atoms with E-state index in [0.29, 0.717) is 18.7 Å². The Balaban J connectivity index is 1.41. The van der Waals surface area contributed by atoms with Crippen molar-refractivity contribution in [1.82, 2.24) is 19.2 Å². The summed E-state index contributed by atoms with van der Waals surface area (Å²) in [6.45, 7) is 5.05. The normalized spacial score (nSPS) is 22.8. The summed E-state index contributed by atoms with van der Waals surface area (Å²) in [5.74, 6) is 3.23. The van der Waals surface area contributed by atoms with Crippen LogP contribution in [0.3, 0.4) is 0 Å². The van der Waals surface area contributed by atoms with Gasteiger partial charge in [-0.05, 0) is 42.9 Å². The van der Waals surface area contributed by atoms with E-state index in [1.54, 1.807) is 6.07 Å². The Morgan fingerprint density at radius 1 is 1.09 bits per heavy atom. The predicted octanol–water partition coefficient (Wildman–Crippen LogP) is 0.396. The molecule has 3 aliphatic rings. The van der Waals surface area contributed by atoms with Crippen LogP contribution in [-0.2, 0) is 19.8 Å². The first-order chi connectivity index (χ1) is 16.0. The molecular weight excluding hydrogens is 460 g/mol. The summed E-state index contributed by atoms with van der Waals surface area (Å²) in [4.78, 5) is 50.0. The first-order valence-electron chi connectivity index (χ1n) is 11.1. The molecule has 3 aliphatic heterocycles. The minimum Gasteiger partial charge on any atom is -0.295 e. The molecule has 34 heavy (non-hydrogen) atoms. The van der Waals surface area contributed by atoms with E-state index in [4.69, 9.17) is 0 Å². The molecule has 0 aliphatic carbocycles. The number of hydrogen-bond donors (Lipinski definition) is 2. The molecule has 1 atom stereocenters. The Morgan fingerprint density at radius 3 is 2.44 bits per heavy atom. The average molecular weight is 487 g/mol. The van der Waals surface area contributed by atoms with E-state index >= 15 is 0 Å². The van der Waals surface area contributed by atoms with Gasteiger partial charge in [0.1, 0.15) is 6.04 Å². The van der Waals surface area contributed by atoms with Gasteiger partial charge in [-0.2, -0.15) is 17.4 Å². The average Bonchev–Trinajstić information content (AvgIpc) is 3.01. The molecule has 1 unspecified atom stereocenters. The van der Waals surface area contributed by atoms with Crippen molar-refractivity contribution in [3.8, 4) is 11.8 Å². The molecule has 0 spiro atoms. The van der Waals surface area contributed by atoms with Crippen molar-refractivity contribution in [2.75, 3.05) is 19.6 Å². The molecule has 3 heterocycles. The fourth-order valence-electron chi connectivity index (χ4n) is 4.25. The fourth-order valence-corrected chi connectivity index (χ4v) is 5.35. The van der Waals surface area contributed by atoms with E-state index in [9.17, 15) is 27.6 Å². The lowest BCUT2D eigenvalue weighted by atomic mass is 9.83. The summed E-state index contributed by atoms with van der Waals surface area (Å²) in [7, 11) is -3.63. The third-order valence-corrected chi connectivity index (χ3v) is 7.99. The van der Waals surface area contributed by atoms with Crippen LogP contribution in [0.5, 0.6) is 0 Å². The smallest absolute Gasteiger partial charge is 0.280 e. The molecule has 0 bridgehead atoms. The minimum atomic E-state index is -3.63. The van der Waals surface area contributed by atoms with Gasteiger partial charge in [-0.3, -0.25) is 29.4 Å². The largest absolute Gasteiger partial charge is 0.295 e. The third-order valence-electron chi connectivity index (χ3n) is 6.43. The van der Waals surface area contributed by atoms with Crippen LogP contribution >= 0.6 is 0 Å². The third kappa shape index (κ3) is 4.75. The molecule has 4 rings (SSSR count). The number of carbonyl (C=O) groups excluding carboxylic acids is 4. The molecule has 180 valence electrons. The lowest BCUT2D eigenvalue weighted by molar-refractivity contribution is -0.136. The second kappa shape index (κ2) is 8.94. The zero-order chi connectivity index (χ0) is 24.7.